The van der Waals surface area contributed by atoms with Crippen LogP contribution in [0.4, 0.5) is 0 Å². The van der Waals surface area contributed by atoms with Gasteiger partial charge < -0.3 is 9.32 Å². The number of benzene rings is 1. The lowest BCUT2D eigenvalue weighted by Crippen LogP contribution is -2.33. The third-order valence-corrected chi connectivity index (χ3v) is 5.00. The van der Waals surface area contributed by atoms with Crippen molar-refractivity contribution in [1.29, 1.82) is 0 Å². The number of carbonyl (C=O) groups is 1. The average Bonchev–Trinajstić information content (AvgIpc) is 2.94. The molecule has 0 radical (unpaired) electrons. The molecule has 0 spiro atoms. The van der Waals surface area contributed by atoms with E-state index in [2.05, 4.69) is 18.8 Å². The van der Waals surface area contributed by atoms with E-state index in [9.17, 15) is 9.59 Å². The fourth-order valence-electron chi connectivity index (χ4n) is 3.75. The predicted octanol–water partition coefficient (Wildman–Crippen LogP) is 3.95. The van der Waals surface area contributed by atoms with Crippen molar-refractivity contribution in [3.8, 4) is 0 Å². The number of aromatic nitrogens is 1. The molecular weight excluding hydrogens is 340 g/mol. The first-order valence-corrected chi connectivity index (χ1v) is 9.31. The Balaban J connectivity index is 1.99. The molecule has 0 saturated heterocycles. The van der Waals surface area contributed by atoms with Gasteiger partial charge in [0.05, 0.1) is 17.0 Å². The lowest BCUT2D eigenvalue weighted by Gasteiger charge is -2.26. The Morgan fingerprint density at radius 2 is 2.04 bits per heavy atom. The number of hydrogen-bond acceptors (Lipinski definition) is 4. The van der Waals surface area contributed by atoms with Crippen LogP contribution >= 0.6 is 0 Å². The van der Waals surface area contributed by atoms with Crippen LogP contribution in [0, 0.1) is 5.92 Å². The molecule has 0 saturated carbocycles. The summed E-state index contributed by atoms with van der Waals surface area (Å²) in [6.07, 6.45) is 4.23. The van der Waals surface area contributed by atoms with E-state index in [4.69, 9.17) is 4.42 Å². The quantitative estimate of drug-likeness (QED) is 0.705. The fourth-order valence-corrected chi connectivity index (χ4v) is 3.75. The molecule has 0 aliphatic carbocycles. The second kappa shape index (κ2) is 6.65. The largest absolute Gasteiger partial charge is 0.450 e. The van der Waals surface area contributed by atoms with Crippen molar-refractivity contribution in [2.75, 3.05) is 6.54 Å². The van der Waals surface area contributed by atoms with Crippen LogP contribution in [0.3, 0.4) is 0 Å². The highest BCUT2D eigenvalue weighted by Crippen LogP contribution is 2.38. The van der Waals surface area contributed by atoms with Crippen molar-refractivity contribution in [3.05, 3.63) is 75.4 Å². The summed E-state index contributed by atoms with van der Waals surface area (Å²) in [5, 5.41) is 0.529. The van der Waals surface area contributed by atoms with Crippen LogP contribution in [-0.4, -0.2) is 22.3 Å². The van der Waals surface area contributed by atoms with E-state index >= 15 is 0 Å². The zero-order valence-electron chi connectivity index (χ0n) is 15.7. The highest BCUT2D eigenvalue weighted by Gasteiger charge is 2.42. The summed E-state index contributed by atoms with van der Waals surface area (Å²) >= 11 is 0. The summed E-state index contributed by atoms with van der Waals surface area (Å²) in [5.74, 6) is 0.191. The van der Waals surface area contributed by atoms with Gasteiger partial charge in [-0.3, -0.25) is 14.6 Å². The molecule has 1 unspecified atom stereocenters. The molecule has 4 rings (SSSR count). The van der Waals surface area contributed by atoms with Crippen molar-refractivity contribution >= 4 is 16.9 Å². The molecule has 3 heterocycles. The van der Waals surface area contributed by atoms with Crippen LogP contribution in [0.25, 0.3) is 11.0 Å². The van der Waals surface area contributed by atoms with Gasteiger partial charge in [0.1, 0.15) is 5.58 Å². The van der Waals surface area contributed by atoms with E-state index < -0.39 is 6.04 Å². The van der Waals surface area contributed by atoms with Crippen molar-refractivity contribution in [3.63, 3.8) is 0 Å². The molecule has 138 valence electrons. The lowest BCUT2D eigenvalue weighted by atomic mass is 9.98. The van der Waals surface area contributed by atoms with E-state index in [1.165, 1.54) is 0 Å². The Labute approximate surface area is 157 Å². The number of carbonyl (C=O) groups excluding carboxylic acids is 1. The Kier molecular flexibility index (Phi) is 4.30. The summed E-state index contributed by atoms with van der Waals surface area (Å²) in [4.78, 5) is 32.4. The van der Waals surface area contributed by atoms with Gasteiger partial charge >= 0.3 is 0 Å². The Morgan fingerprint density at radius 3 is 2.70 bits per heavy atom. The number of fused-ring (bicyclic) bond motifs is 2. The van der Waals surface area contributed by atoms with Gasteiger partial charge in [-0.25, -0.2) is 0 Å². The van der Waals surface area contributed by atoms with E-state index in [1.807, 2.05) is 31.2 Å². The maximum Gasteiger partial charge on any atom is 0.290 e. The monoisotopic (exact) mass is 362 g/mol. The highest BCUT2D eigenvalue weighted by molar-refractivity contribution is 5.99. The van der Waals surface area contributed by atoms with Crippen molar-refractivity contribution in [1.82, 2.24) is 9.88 Å². The highest BCUT2D eigenvalue weighted by atomic mass is 16.3. The van der Waals surface area contributed by atoms with E-state index in [0.29, 0.717) is 23.1 Å². The van der Waals surface area contributed by atoms with Gasteiger partial charge in [0.2, 0.25) is 5.76 Å². The predicted molar refractivity (Wildman–Crippen MR) is 104 cm³/mol. The third-order valence-electron chi connectivity index (χ3n) is 5.00. The van der Waals surface area contributed by atoms with Gasteiger partial charge in [-0.2, -0.15) is 0 Å². The normalized spacial score (nSPS) is 16.4. The number of nitrogens with zero attached hydrogens (tertiary/aromatic N) is 2. The summed E-state index contributed by atoms with van der Waals surface area (Å²) in [6, 6.07) is 8.85. The SMILES string of the molecule is CCc1ccc2oc3c(c(=O)c2c1)C(c1cccnc1)N(CC(C)C)C3=O. The summed E-state index contributed by atoms with van der Waals surface area (Å²) in [6.45, 7) is 6.69. The van der Waals surface area contributed by atoms with E-state index in [0.717, 1.165) is 17.5 Å². The Hall–Kier alpha value is -2.95. The molecule has 1 aromatic carbocycles. The first-order chi connectivity index (χ1) is 13.0. The minimum Gasteiger partial charge on any atom is -0.450 e. The van der Waals surface area contributed by atoms with Crippen molar-refractivity contribution in [2.45, 2.75) is 33.2 Å². The molecule has 1 amide bonds. The first-order valence-electron chi connectivity index (χ1n) is 9.31. The van der Waals surface area contributed by atoms with Gasteiger partial charge in [0, 0.05) is 18.9 Å². The van der Waals surface area contributed by atoms with Gasteiger partial charge in [-0.05, 0) is 41.7 Å². The average molecular weight is 362 g/mol. The van der Waals surface area contributed by atoms with Crippen LogP contribution < -0.4 is 5.43 Å². The molecule has 1 atom stereocenters. The van der Waals surface area contributed by atoms with Crippen LogP contribution in [-0.2, 0) is 6.42 Å². The standard InChI is InChI=1S/C22H22N2O3/c1-4-14-7-8-17-16(10-14)20(25)18-19(15-6-5-9-23-11-15)24(12-13(2)3)22(26)21(18)27-17/h5-11,13,19H,4,12H2,1-3H3. The second-order valence-corrected chi connectivity index (χ2v) is 7.40. The van der Waals surface area contributed by atoms with Crippen molar-refractivity contribution < 1.29 is 9.21 Å². The number of hydrogen-bond donors (Lipinski definition) is 0. The number of amides is 1. The molecule has 5 nitrogen and oxygen atoms in total. The maximum atomic E-state index is 13.4. The molecule has 5 heteroatoms. The molecule has 3 aromatic rings. The summed E-state index contributed by atoms with van der Waals surface area (Å²) in [5.41, 5.74) is 2.64. The van der Waals surface area contributed by atoms with Crippen molar-refractivity contribution in [2.24, 2.45) is 5.92 Å². The molecule has 0 N–H and O–H groups in total. The molecule has 1 aliphatic rings. The topological polar surface area (TPSA) is 63.4 Å². The fraction of sp³-hybridized carbons (Fsp3) is 0.318. The zero-order valence-corrected chi connectivity index (χ0v) is 15.7. The number of aryl methyl sites for hydroxylation is 1. The first kappa shape index (κ1) is 17.5. The maximum absolute atomic E-state index is 13.4. The minimum atomic E-state index is -0.463. The summed E-state index contributed by atoms with van der Waals surface area (Å²) < 4.78 is 5.95. The van der Waals surface area contributed by atoms with Crippen LogP contribution in [0.5, 0.6) is 0 Å². The molecule has 0 fully saturated rings. The number of rotatable bonds is 4. The molecule has 1 aliphatic heterocycles. The van der Waals surface area contributed by atoms with Crippen LogP contribution in [0.2, 0.25) is 0 Å². The van der Waals surface area contributed by atoms with Gasteiger partial charge in [-0.1, -0.05) is 32.9 Å². The lowest BCUT2D eigenvalue weighted by molar-refractivity contribution is 0.0706. The molecule has 27 heavy (non-hydrogen) atoms. The van der Waals surface area contributed by atoms with Crippen LogP contribution in [0.15, 0.2) is 51.9 Å². The second-order valence-electron chi connectivity index (χ2n) is 7.40. The Bertz CT molecular complexity index is 1070. The molecular formula is C22H22N2O3. The number of pyridine rings is 1. The molecule has 0 bridgehead atoms. The Morgan fingerprint density at radius 1 is 1.22 bits per heavy atom. The van der Waals surface area contributed by atoms with E-state index in [1.54, 1.807) is 23.4 Å². The minimum absolute atomic E-state index is 0.130. The summed E-state index contributed by atoms with van der Waals surface area (Å²) in [7, 11) is 0. The van der Waals surface area contributed by atoms with Gasteiger partial charge in [0.25, 0.3) is 5.91 Å². The van der Waals surface area contributed by atoms with E-state index in [-0.39, 0.29) is 23.0 Å². The smallest absolute Gasteiger partial charge is 0.290 e. The van der Waals surface area contributed by atoms with Crippen LogP contribution in [0.1, 0.15) is 54.1 Å². The van der Waals surface area contributed by atoms with Gasteiger partial charge in [0.15, 0.2) is 5.43 Å². The third kappa shape index (κ3) is 2.83. The molecule has 2 aromatic heterocycles. The van der Waals surface area contributed by atoms with Gasteiger partial charge in [-0.15, -0.1) is 0 Å². The zero-order chi connectivity index (χ0) is 19.1.